The normalized spacial score (nSPS) is 11.8. The zero-order valence-electron chi connectivity index (χ0n) is 14.5. The van der Waals surface area contributed by atoms with E-state index in [9.17, 15) is 14.0 Å². The summed E-state index contributed by atoms with van der Waals surface area (Å²) >= 11 is 0. The zero-order valence-corrected chi connectivity index (χ0v) is 14.5. The molecule has 26 heavy (non-hydrogen) atoms. The minimum Gasteiger partial charge on any atom is -0.314 e. The number of para-hydroxylation sites is 1. The van der Waals surface area contributed by atoms with Gasteiger partial charge in [0.1, 0.15) is 11.9 Å². The fourth-order valence-electron chi connectivity index (χ4n) is 2.64. The second-order valence-corrected chi connectivity index (χ2v) is 5.92. The van der Waals surface area contributed by atoms with Crippen LogP contribution in [0, 0.1) is 5.82 Å². The van der Waals surface area contributed by atoms with Crippen LogP contribution in [0.5, 0.6) is 0 Å². The van der Waals surface area contributed by atoms with Gasteiger partial charge >= 0.3 is 0 Å². The molecule has 0 spiro atoms. The van der Waals surface area contributed by atoms with Crippen LogP contribution in [0.25, 0.3) is 11.3 Å². The van der Waals surface area contributed by atoms with Crippen molar-refractivity contribution in [3.05, 3.63) is 82.9 Å². The Balaban J connectivity index is 1.92. The summed E-state index contributed by atoms with van der Waals surface area (Å²) in [6.45, 7) is 1.63. The molecule has 0 bridgehead atoms. The molecule has 0 saturated heterocycles. The molecule has 5 nitrogen and oxygen atoms in total. The third-order valence-electron chi connectivity index (χ3n) is 4.16. The first-order chi connectivity index (χ1) is 12.5. The average molecular weight is 351 g/mol. The SMILES string of the molecule is CC(C(=O)N(C)c1ccccc1)n1nc(-c2ccc(F)cc2)ccc1=O. The number of rotatable bonds is 4. The Kier molecular flexibility index (Phi) is 4.93. The third kappa shape index (κ3) is 3.54. The molecule has 132 valence electrons. The fraction of sp³-hybridized carbons (Fsp3) is 0.150. The summed E-state index contributed by atoms with van der Waals surface area (Å²) in [6, 6.07) is 17.1. The van der Waals surface area contributed by atoms with Crippen LogP contribution in [0.2, 0.25) is 0 Å². The lowest BCUT2D eigenvalue weighted by molar-refractivity contribution is -0.121. The lowest BCUT2D eigenvalue weighted by atomic mass is 10.1. The predicted molar refractivity (Wildman–Crippen MR) is 98.5 cm³/mol. The van der Waals surface area contributed by atoms with Crippen molar-refractivity contribution in [3.8, 4) is 11.3 Å². The number of hydrogen-bond acceptors (Lipinski definition) is 3. The van der Waals surface area contributed by atoms with Crippen molar-refractivity contribution in [2.45, 2.75) is 13.0 Å². The van der Waals surface area contributed by atoms with E-state index in [1.165, 1.54) is 23.1 Å². The summed E-state index contributed by atoms with van der Waals surface area (Å²) in [5.41, 5.74) is 1.51. The van der Waals surface area contributed by atoms with Crippen molar-refractivity contribution in [1.82, 2.24) is 9.78 Å². The van der Waals surface area contributed by atoms with Crippen LogP contribution in [0.15, 0.2) is 71.5 Å². The number of hydrogen-bond donors (Lipinski definition) is 0. The monoisotopic (exact) mass is 351 g/mol. The Morgan fingerprint density at radius 3 is 2.35 bits per heavy atom. The average Bonchev–Trinajstić information content (AvgIpc) is 2.68. The Morgan fingerprint density at radius 2 is 1.69 bits per heavy atom. The molecule has 0 N–H and O–H groups in total. The molecule has 1 unspecified atom stereocenters. The van der Waals surface area contributed by atoms with E-state index >= 15 is 0 Å². The van der Waals surface area contributed by atoms with Crippen LogP contribution in [0.1, 0.15) is 13.0 Å². The number of carbonyl (C=O) groups is 1. The Hall–Kier alpha value is -3.28. The van der Waals surface area contributed by atoms with Gasteiger partial charge in [0.25, 0.3) is 11.5 Å². The molecule has 1 amide bonds. The zero-order chi connectivity index (χ0) is 18.7. The van der Waals surface area contributed by atoms with Gasteiger partial charge in [0.15, 0.2) is 0 Å². The maximum Gasteiger partial charge on any atom is 0.267 e. The van der Waals surface area contributed by atoms with Crippen LogP contribution < -0.4 is 10.5 Å². The predicted octanol–water partition coefficient (Wildman–Crippen LogP) is 3.27. The summed E-state index contributed by atoms with van der Waals surface area (Å²) in [5, 5.41) is 4.30. The van der Waals surface area contributed by atoms with Crippen molar-refractivity contribution in [3.63, 3.8) is 0 Å². The maximum absolute atomic E-state index is 13.1. The largest absolute Gasteiger partial charge is 0.314 e. The van der Waals surface area contributed by atoms with Crippen molar-refractivity contribution < 1.29 is 9.18 Å². The molecule has 0 fully saturated rings. The van der Waals surface area contributed by atoms with E-state index in [0.29, 0.717) is 11.3 Å². The van der Waals surface area contributed by atoms with Crippen LogP contribution in [0.4, 0.5) is 10.1 Å². The molecule has 0 saturated carbocycles. The molecule has 3 rings (SSSR count). The molecule has 1 heterocycles. The second kappa shape index (κ2) is 7.31. The summed E-state index contributed by atoms with van der Waals surface area (Å²) < 4.78 is 14.3. The van der Waals surface area contributed by atoms with Crippen molar-refractivity contribution >= 4 is 11.6 Å². The first-order valence-electron chi connectivity index (χ1n) is 8.16. The van der Waals surface area contributed by atoms with E-state index in [1.54, 1.807) is 32.2 Å². The van der Waals surface area contributed by atoms with E-state index in [0.717, 1.165) is 10.4 Å². The Morgan fingerprint density at radius 1 is 1.04 bits per heavy atom. The molecule has 0 radical (unpaired) electrons. The number of nitrogens with zero attached hydrogens (tertiary/aromatic N) is 3. The Bertz CT molecular complexity index is 968. The van der Waals surface area contributed by atoms with Gasteiger partial charge < -0.3 is 4.90 Å². The highest BCUT2D eigenvalue weighted by Crippen LogP contribution is 2.18. The molecule has 0 aliphatic carbocycles. The molecule has 3 aromatic rings. The summed E-state index contributed by atoms with van der Waals surface area (Å²) in [7, 11) is 1.66. The minimum atomic E-state index is -0.784. The number of carbonyl (C=O) groups excluding carboxylic acids is 1. The van der Waals surface area contributed by atoms with E-state index in [4.69, 9.17) is 0 Å². The number of benzene rings is 2. The van der Waals surface area contributed by atoms with Crippen LogP contribution in [-0.2, 0) is 4.79 Å². The lowest BCUT2D eigenvalue weighted by Crippen LogP contribution is -2.38. The lowest BCUT2D eigenvalue weighted by Gasteiger charge is -2.22. The van der Waals surface area contributed by atoms with Crippen LogP contribution in [0.3, 0.4) is 0 Å². The van der Waals surface area contributed by atoms with Gasteiger partial charge in [-0.25, -0.2) is 9.07 Å². The van der Waals surface area contributed by atoms with Gasteiger partial charge in [0, 0.05) is 24.4 Å². The fourth-order valence-corrected chi connectivity index (χ4v) is 2.64. The first kappa shape index (κ1) is 17.5. The number of aromatic nitrogens is 2. The van der Waals surface area contributed by atoms with Gasteiger partial charge in [0.05, 0.1) is 5.69 Å². The van der Waals surface area contributed by atoms with Crippen LogP contribution >= 0.6 is 0 Å². The van der Waals surface area contributed by atoms with Gasteiger partial charge in [-0.05, 0) is 49.4 Å². The molecular formula is C20H18FN3O2. The molecular weight excluding hydrogens is 333 g/mol. The van der Waals surface area contributed by atoms with E-state index in [-0.39, 0.29) is 17.3 Å². The molecule has 1 atom stereocenters. The first-order valence-corrected chi connectivity index (χ1v) is 8.16. The van der Waals surface area contributed by atoms with Gasteiger partial charge in [-0.1, -0.05) is 18.2 Å². The third-order valence-corrected chi connectivity index (χ3v) is 4.16. The molecule has 0 aliphatic heterocycles. The van der Waals surface area contributed by atoms with Gasteiger partial charge in [-0.3, -0.25) is 9.59 Å². The second-order valence-electron chi connectivity index (χ2n) is 5.92. The quantitative estimate of drug-likeness (QED) is 0.725. The smallest absolute Gasteiger partial charge is 0.267 e. The maximum atomic E-state index is 13.1. The van der Waals surface area contributed by atoms with E-state index in [2.05, 4.69) is 5.10 Å². The van der Waals surface area contributed by atoms with E-state index in [1.807, 2.05) is 30.3 Å². The standard InChI is InChI=1S/C20H18FN3O2/c1-14(20(26)23(2)17-6-4-3-5-7-17)24-19(25)13-12-18(22-24)15-8-10-16(21)11-9-15/h3-14H,1-2H3. The molecule has 0 aliphatic rings. The highest BCUT2D eigenvalue weighted by molar-refractivity contribution is 5.95. The number of halogens is 1. The number of likely N-dealkylation sites (N-methyl/N-ethyl adjacent to an activating group) is 1. The van der Waals surface area contributed by atoms with Crippen molar-refractivity contribution in [2.24, 2.45) is 0 Å². The van der Waals surface area contributed by atoms with Gasteiger partial charge in [0.2, 0.25) is 0 Å². The summed E-state index contributed by atoms with van der Waals surface area (Å²) in [4.78, 5) is 26.5. The van der Waals surface area contributed by atoms with Gasteiger partial charge in [-0.15, -0.1) is 0 Å². The van der Waals surface area contributed by atoms with Crippen LogP contribution in [-0.4, -0.2) is 22.7 Å². The Labute approximate surface area is 150 Å². The van der Waals surface area contributed by atoms with Gasteiger partial charge in [-0.2, -0.15) is 5.10 Å². The minimum absolute atomic E-state index is 0.262. The van der Waals surface area contributed by atoms with E-state index < -0.39 is 6.04 Å². The van der Waals surface area contributed by atoms with Crippen molar-refractivity contribution in [2.75, 3.05) is 11.9 Å². The highest BCUT2D eigenvalue weighted by atomic mass is 19.1. The molecule has 2 aromatic carbocycles. The summed E-state index contributed by atoms with van der Waals surface area (Å²) in [6.07, 6.45) is 0. The topological polar surface area (TPSA) is 55.2 Å². The summed E-state index contributed by atoms with van der Waals surface area (Å²) in [5.74, 6) is -0.614. The molecule has 6 heteroatoms. The number of amides is 1. The molecule has 1 aromatic heterocycles. The highest BCUT2D eigenvalue weighted by Gasteiger charge is 2.22. The van der Waals surface area contributed by atoms with Crippen molar-refractivity contribution in [1.29, 1.82) is 0 Å². The number of anilines is 1.